The van der Waals surface area contributed by atoms with Crippen molar-refractivity contribution in [3.8, 4) is 0 Å². The number of anilines is 1. The average molecular weight is 413 g/mol. The lowest BCUT2D eigenvalue weighted by molar-refractivity contribution is -0.128. The van der Waals surface area contributed by atoms with Gasteiger partial charge in [-0.15, -0.1) is 11.6 Å². The van der Waals surface area contributed by atoms with E-state index in [1.807, 2.05) is 24.8 Å². The summed E-state index contributed by atoms with van der Waals surface area (Å²) in [5.41, 5.74) is 0.188. The molecular formula is C17H25ClN6O2S. The van der Waals surface area contributed by atoms with Crippen LogP contribution in [0.5, 0.6) is 0 Å². The third-order valence-electron chi connectivity index (χ3n) is 4.51. The lowest BCUT2D eigenvalue weighted by atomic mass is 9.95. The fourth-order valence-corrected chi connectivity index (χ4v) is 3.24. The minimum absolute atomic E-state index is 0.0672. The zero-order chi connectivity index (χ0) is 19.4. The number of nitrogens with zero attached hydrogens (tertiary/aromatic N) is 5. The van der Waals surface area contributed by atoms with Crippen LogP contribution in [-0.4, -0.2) is 70.6 Å². The lowest BCUT2D eigenvalue weighted by Crippen LogP contribution is -2.39. The first-order valence-electron chi connectivity index (χ1n) is 8.91. The largest absolute Gasteiger partial charge is 0.378 e. The van der Waals surface area contributed by atoms with Crippen LogP contribution in [0.2, 0.25) is 0 Å². The summed E-state index contributed by atoms with van der Waals surface area (Å²) >= 11 is 7.36. The summed E-state index contributed by atoms with van der Waals surface area (Å²) in [4.78, 5) is 23.7. The molecule has 0 spiro atoms. The molecule has 10 heteroatoms. The number of ether oxygens (including phenoxy) is 1. The minimum atomic E-state index is -0.592. The van der Waals surface area contributed by atoms with Crippen LogP contribution in [0, 0.1) is 5.41 Å². The maximum absolute atomic E-state index is 12.2. The Kier molecular flexibility index (Phi) is 6.44. The number of aromatic nitrogens is 4. The van der Waals surface area contributed by atoms with Gasteiger partial charge >= 0.3 is 0 Å². The van der Waals surface area contributed by atoms with E-state index in [0.29, 0.717) is 31.5 Å². The van der Waals surface area contributed by atoms with Gasteiger partial charge in [-0.1, -0.05) is 11.8 Å². The Morgan fingerprint density at radius 3 is 2.78 bits per heavy atom. The average Bonchev–Trinajstić information content (AvgIpc) is 3.10. The van der Waals surface area contributed by atoms with Crippen LogP contribution in [0.4, 0.5) is 5.82 Å². The van der Waals surface area contributed by atoms with Crippen LogP contribution in [0.15, 0.2) is 11.4 Å². The van der Waals surface area contributed by atoms with Gasteiger partial charge in [0.1, 0.15) is 5.82 Å². The van der Waals surface area contributed by atoms with E-state index in [0.717, 1.165) is 29.9 Å². The van der Waals surface area contributed by atoms with E-state index in [4.69, 9.17) is 21.3 Å². The number of thioether (sulfide) groups is 1. The molecular weight excluding hydrogens is 388 g/mol. The Bertz CT molecular complexity index is 806. The summed E-state index contributed by atoms with van der Waals surface area (Å²) in [6, 6.07) is 0. The topological polar surface area (TPSA) is 85.2 Å². The van der Waals surface area contributed by atoms with Crippen LogP contribution < -0.4 is 10.2 Å². The normalized spacial score (nSPS) is 15.3. The van der Waals surface area contributed by atoms with Gasteiger partial charge in [0, 0.05) is 25.5 Å². The van der Waals surface area contributed by atoms with Gasteiger partial charge in [0.15, 0.2) is 10.8 Å². The van der Waals surface area contributed by atoms with E-state index in [1.165, 1.54) is 11.8 Å². The molecule has 148 valence electrons. The predicted molar refractivity (Wildman–Crippen MR) is 108 cm³/mol. The van der Waals surface area contributed by atoms with Crippen molar-refractivity contribution in [3.05, 3.63) is 6.20 Å². The Balaban J connectivity index is 1.80. The summed E-state index contributed by atoms with van der Waals surface area (Å²) in [6.45, 7) is 7.62. The van der Waals surface area contributed by atoms with E-state index < -0.39 is 5.41 Å². The number of morpholine rings is 1. The molecule has 0 bridgehead atoms. The molecule has 0 radical (unpaired) electrons. The molecule has 1 aliphatic rings. The van der Waals surface area contributed by atoms with Crippen LogP contribution >= 0.6 is 23.4 Å². The summed E-state index contributed by atoms with van der Waals surface area (Å²) < 4.78 is 7.26. The van der Waals surface area contributed by atoms with E-state index in [2.05, 4.69) is 20.3 Å². The zero-order valence-electron chi connectivity index (χ0n) is 15.9. The van der Waals surface area contributed by atoms with Crippen molar-refractivity contribution in [3.63, 3.8) is 0 Å². The molecule has 8 nitrogen and oxygen atoms in total. The van der Waals surface area contributed by atoms with Gasteiger partial charge in [0.2, 0.25) is 5.91 Å². The molecule has 2 aromatic rings. The van der Waals surface area contributed by atoms with E-state index in [1.54, 1.807) is 6.20 Å². The first-order chi connectivity index (χ1) is 13.0. The van der Waals surface area contributed by atoms with Gasteiger partial charge < -0.3 is 15.0 Å². The molecule has 1 fully saturated rings. The summed E-state index contributed by atoms with van der Waals surface area (Å²) in [5.74, 6) is 1.10. The van der Waals surface area contributed by atoms with Crippen molar-refractivity contribution in [1.29, 1.82) is 0 Å². The Hall–Kier alpha value is -1.58. The van der Waals surface area contributed by atoms with Crippen molar-refractivity contribution >= 4 is 46.1 Å². The second-order valence-corrected chi connectivity index (χ2v) is 8.05. The quantitative estimate of drug-likeness (QED) is 0.421. The molecule has 0 atom stereocenters. The van der Waals surface area contributed by atoms with E-state index >= 15 is 0 Å². The second kappa shape index (κ2) is 8.62. The first kappa shape index (κ1) is 20.2. The zero-order valence-corrected chi connectivity index (χ0v) is 17.4. The second-order valence-electron chi connectivity index (χ2n) is 7.01. The highest BCUT2D eigenvalue weighted by Gasteiger charge is 2.26. The molecule has 0 aliphatic carbocycles. The standard InChI is InChI=1S/C17H25ClN6O2S/c1-17(2,11-18)15(25)19-4-5-24-14-12(10-20-24)13(21-16(22-14)27-3)23-6-8-26-9-7-23/h10H,4-9,11H2,1-3H3,(H,19,25). The molecule has 0 unspecified atom stereocenters. The van der Waals surface area contributed by atoms with Crippen LogP contribution in [0.3, 0.4) is 0 Å². The van der Waals surface area contributed by atoms with Crippen molar-refractivity contribution < 1.29 is 9.53 Å². The summed E-state index contributed by atoms with van der Waals surface area (Å²) in [7, 11) is 0. The number of carbonyl (C=O) groups is 1. The highest BCUT2D eigenvalue weighted by Crippen LogP contribution is 2.27. The maximum Gasteiger partial charge on any atom is 0.226 e. The van der Waals surface area contributed by atoms with Gasteiger partial charge in [0.05, 0.1) is 36.8 Å². The third kappa shape index (κ3) is 4.47. The molecule has 3 heterocycles. The molecule has 0 saturated carbocycles. The van der Waals surface area contributed by atoms with Crippen molar-refractivity contribution in [2.24, 2.45) is 5.41 Å². The highest BCUT2D eigenvalue weighted by atomic mass is 35.5. The number of halogens is 1. The van der Waals surface area contributed by atoms with Crippen LogP contribution in [0.25, 0.3) is 11.0 Å². The van der Waals surface area contributed by atoms with Gasteiger partial charge in [-0.3, -0.25) is 4.79 Å². The van der Waals surface area contributed by atoms with Crippen molar-refractivity contribution in [2.75, 3.05) is 49.9 Å². The molecule has 1 saturated heterocycles. The van der Waals surface area contributed by atoms with Crippen molar-refractivity contribution in [1.82, 2.24) is 25.1 Å². The fraction of sp³-hybridized carbons (Fsp3) is 0.647. The van der Waals surface area contributed by atoms with Crippen LogP contribution in [-0.2, 0) is 16.1 Å². The molecule has 2 aromatic heterocycles. The lowest BCUT2D eigenvalue weighted by Gasteiger charge is -2.28. The predicted octanol–water partition coefficient (Wildman–Crippen LogP) is 1.77. The summed E-state index contributed by atoms with van der Waals surface area (Å²) in [6.07, 6.45) is 3.76. The van der Waals surface area contributed by atoms with E-state index in [9.17, 15) is 4.79 Å². The maximum atomic E-state index is 12.2. The monoisotopic (exact) mass is 412 g/mol. The highest BCUT2D eigenvalue weighted by molar-refractivity contribution is 7.98. The number of fused-ring (bicyclic) bond motifs is 1. The number of alkyl halides is 1. The van der Waals surface area contributed by atoms with E-state index in [-0.39, 0.29) is 11.8 Å². The number of nitrogens with one attached hydrogen (secondary N) is 1. The minimum Gasteiger partial charge on any atom is -0.378 e. The van der Waals surface area contributed by atoms with Gasteiger partial charge in [-0.05, 0) is 20.1 Å². The number of carbonyl (C=O) groups excluding carboxylic acids is 1. The van der Waals surface area contributed by atoms with Gasteiger partial charge in [-0.25, -0.2) is 14.6 Å². The number of rotatable bonds is 7. The summed E-state index contributed by atoms with van der Waals surface area (Å²) in [5, 5.41) is 9.02. The van der Waals surface area contributed by atoms with Crippen molar-refractivity contribution in [2.45, 2.75) is 25.5 Å². The molecule has 1 aliphatic heterocycles. The smallest absolute Gasteiger partial charge is 0.226 e. The number of amides is 1. The molecule has 1 N–H and O–H groups in total. The Morgan fingerprint density at radius 1 is 1.37 bits per heavy atom. The Morgan fingerprint density at radius 2 is 2.11 bits per heavy atom. The number of hydrogen-bond donors (Lipinski definition) is 1. The van der Waals surface area contributed by atoms with Gasteiger partial charge in [-0.2, -0.15) is 5.10 Å². The molecule has 27 heavy (non-hydrogen) atoms. The SMILES string of the molecule is CSc1nc(N2CCOCC2)c2cnn(CCNC(=O)C(C)(C)CCl)c2n1. The third-order valence-corrected chi connectivity index (χ3v) is 5.72. The molecule has 1 amide bonds. The fourth-order valence-electron chi connectivity index (χ4n) is 2.77. The van der Waals surface area contributed by atoms with Crippen LogP contribution in [0.1, 0.15) is 13.8 Å². The number of hydrogen-bond acceptors (Lipinski definition) is 7. The van der Waals surface area contributed by atoms with Gasteiger partial charge in [0.25, 0.3) is 0 Å². The first-order valence-corrected chi connectivity index (χ1v) is 10.7. The molecule has 3 rings (SSSR count). The molecule has 0 aromatic carbocycles. The Labute approximate surface area is 168 Å².